The molecular weight excluding hydrogens is 426 g/mol. The Morgan fingerprint density at radius 1 is 1.06 bits per heavy atom. The maximum Gasteiger partial charge on any atom is 0.410 e. The third-order valence-corrected chi connectivity index (χ3v) is 8.01. The summed E-state index contributed by atoms with van der Waals surface area (Å²) in [6, 6.07) is 8.95. The van der Waals surface area contributed by atoms with Crippen molar-refractivity contribution in [1.29, 1.82) is 0 Å². The van der Waals surface area contributed by atoms with Gasteiger partial charge in [-0.15, -0.1) is 0 Å². The van der Waals surface area contributed by atoms with E-state index in [4.69, 9.17) is 10.5 Å². The monoisotopic (exact) mass is 469 g/mol. The quantitative estimate of drug-likeness (QED) is 0.587. The van der Waals surface area contributed by atoms with E-state index in [2.05, 4.69) is 11.0 Å². The molecule has 6 heteroatoms. The van der Waals surface area contributed by atoms with E-state index in [0.29, 0.717) is 29.5 Å². The number of hydrogen-bond donors (Lipinski definition) is 1. The molecule has 34 heavy (non-hydrogen) atoms. The van der Waals surface area contributed by atoms with Gasteiger partial charge in [-0.2, -0.15) is 0 Å². The van der Waals surface area contributed by atoms with Crippen molar-refractivity contribution >= 4 is 12.0 Å². The summed E-state index contributed by atoms with van der Waals surface area (Å²) in [5.41, 5.74) is 6.87. The number of nitrogens with two attached hydrogens (primary N) is 1. The fourth-order valence-corrected chi connectivity index (χ4v) is 6.36. The van der Waals surface area contributed by atoms with Crippen LogP contribution < -0.4 is 5.73 Å². The molecule has 2 N–H and O–H groups in total. The van der Waals surface area contributed by atoms with Crippen LogP contribution in [0.3, 0.4) is 0 Å². The van der Waals surface area contributed by atoms with Crippen molar-refractivity contribution in [2.24, 2.45) is 11.7 Å². The molecule has 3 fully saturated rings. The first-order valence-electron chi connectivity index (χ1n) is 13.3. The number of rotatable bonds is 7. The predicted molar refractivity (Wildman–Crippen MR) is 135 cm³/mol. The summed E-state index contributed by atoms with van der Waals surface area (Å²) in [7, 11) is 0. The lowest BCUT2D eigenvalue weighted by Gasteiger charge is -2.40. The summed E-state index contributed by atoms with van der Waals surface area (Å²) < 4.78 is 5.79. The number of nitrogens with zero attached hydrogens (tertiary/aromatic N) is 2. The van der Waals surface area contributed by atoms with E-state index >= 15 is 0 Å². The maximum absolute atomic E-state index is 13.1. The average Bonchev–Trinajstić information content (AvgIpc) is 3.02. The van der Waals surface area contributed by atoms with Gasteiger partial charge in [0, 0.05) is 37.3 Å². The summed E-state index contributed by atoms with van der Waals surface area (Å²) in [4.78, 5) is 29.3. The van der Waals surface area contributed by atoms with Gasteiger partial charge < -0.3 is 15.4 Å². The standard InChI is InChI=1S/C28H43N3O3/c1-28(2,3)34-27(33)30(19-20-8-5-4-6-9-20)14-15-31-24-12-13-25(31)18-23(17-24)21-10-7-11-22(16-21)26(29)32/h7,10-11,16,20,23-25H,4-6,8-9,12-15,17-19H2,1-3H3,(H2,29,32). The fourth-order valence-electron chi connectivity index (χ4n) is 6.36. The molecule has 1 aliphatic carbocycles. The number of primary amides is 1. The van der Waals surface area contributed by atoms with Crippen LogP contribution in [0.15, 0.2) is 24.3 Å². The Bertz CT molecular complexity index is 845. The lowest BCUT2D eigenvalue weighted by Crippen LogP contribution is -2.48. The molecule has 2 heterocycles. The van der Waals surface area contributed by atoms with E-state index in [9.17, 15) is 9.59 Å². The summed E-state index contributed by atoms with van der Waals surface area (Å²) in [5, 5.41) is 0. The Labute approximate surface area is 205 Å². The predicted octanol–water partition coefficient (Wildman–Crippen LogP) is 5.31. The molecule has 4 rings (SSSR count). The summed E-state index contributed by atoms with van der Waals surface area (Å²) in [5.74, 6) is 0.709. The van der Waals surface area contributed by atoms with Crippen LogP contribution in [0, 0.1) is 5.92 Å². The summed E-state index contributed by atoms with van der Waals surface area (Å²) in [6.45, 7) is 8.31. The largest absolute Gasteiger partial charge is 0.444 e. The molecule has 2 saturated heterocycles. The molecule has 3 aliphatic rings. The second-order valence-electron chi connectivity index (χ2n) is 11.7. The van der Waals surface area contributed by atoms with Gasteiger partial charge in [-0.3, -0.25) is 9.69 Å². The number of ether oxygens (including phenoxy) is 1. The molecular formula is C28H43N3O3. The van der Waals surface area contributed by atoms with Gasteiger partial charge >= 0.3 is 6.09 Å². The smallest absolute Gasteiger partial charge is 0.410 e. The number of carbonyl (C=O) groups excluding carboxylic acids is 2. The lowest BCUT2D eigenvalue weighted by atomic mass is 9.84. The number of piperidine rings is 1. The fraction of sp³-hybridized carbons (Fsp3) is 0.714. The van der Waals surface area contributed by atoms with Crippen LogP contribution >= 0.6 is 0 Å². The molecule has 0 radical (unpaired) electrons. The van der Waals surface area contributed by atoms with E-state index in [1.807, 2.05) is 37.8 Å². The Hall–Kier alpha value is -2.08. The Kier molecular flexibility index (Phi) is 7.86. The SMILES string of the molecule is CC(C)(C)OC(=O)N(CCN1C2CCC1CC(c1cccc(C(N)=O)c1)C2)CC1CCCCC1. The summed E-state index contributed by atoms with van der Waals surface area (Å²) >= 11 is 0. The van der Waals surface area contributed by atoms with E-state index in [1.165, 1.54) is 50.5 Å². The van der Waals surface area contributed by atoms with Crippen LogP contribution in [-0.2, 0) is 4.74 Å². The van der Waals surface area contributed by atoms with Crippen LogP contribution in [0.25, 0.3) is 0 Å². The van der Waals surface area contributed by atoms with Crippen molar-refractivity contribution < 1.29 is 14.3 Å². The highest BCUT2D eigenvalue weighted by Crippen LogP contribution is 2.43. The van der Waals surface area contributed by atoms with Crippen LogP contribution in [0.1, 0.15) is 100 Å². The second-order valence-corrected chi connectivity index (χ2v) is 11.7. The zero-order valence-corrected chi connectivity index (χ0v) is 21.3. The van der Waals surface area contributed by atoms with Crippen molar-refractivity contribution in [2.75, 3.05) is 19.6 Å². The van der Waals surface area contributed by atoms with Gasteiger partial charge in [-0.1, -0.05) is 31.4 Å². The zero-order valence-electron chi connectivity index (χ0n) is 21.3. The Balaban J connectivity index is 1.38. The molecule has 6 nitrogen and oxygen atoms in total. The lowest BCUT2D eigenvalue weighted by molar-refractivity contribution is 0.0159. The van der Waals surface area contributed by atoms with Gasteiger partial charge in [0.1, 0.15) is 5.60 Å². The second kappa shape index (κ2) is 10.7. The van der Waals surface area contributed by atoms with Crippen LogP contribution in [0.4, 0.5) is 4.79 Å². The molecule has 2 bridgehead atoms. The number of amides is 2. The summed E-state index contributed by atoms with van der Waals surface area (Å²) in [6.07, 6.45) is 10.8. The number of hydrogen-bond acceptors (Lipinski definition) is 4. The van der Waals surface area contributed by atoms with Gasteiger partial charge in [0.15, 0.2) is 0 Å². The Morgan fingerprint density at radius 3 is 2.35 bits per heavy atom. The highest BCUT2D eigenvalue weighted by Gasteiger charge is 2.41. The highest BCUT2D eigenvalue weighted by molar-refractivity contribution is 5.92. The van der Waals surface area contributed by atoms with Gasteiger partial charge in [0.25, 0.3) is 0 Å². The third kappa shape index (κ3) is 6.32. The minimum atomic E-state index is -0.473. The van der Waals surface area contributed by atoms with Crippen LogP contribution in [0.2, 0.25) is 0 Å². The van der Waals surface area contributed by atoms with E-state index in [0.717, 1.165) is 32.5 Å². The Morgan fingerprint density at radius 2 is 1.74 bits per heavy atom. The number of carbonyl (C=O) groups is 2. The zero-order chi connectivity index (χ0) is 24.3. The molecule has 1 saturated carbocycles. The first kappa shape index (κ1) is 25.0. The number of benzene rings is 1. The van der Waals surface area contributed by atoms with E-state index in [-0.39, 0.29) is 12.0 Å². The molecule has 1 aromatic rings. The van der Waals surface area contributed by atoms with Gasteiger partial charge in [-0.05, 0) is 88.8 Å². The topological polar surface area (TPSA) is 75.9 Å². The first-order chi connectivity index (χ1) is 16.2. The van der Waals surface area contributed by atoms with Crippen molar-refractivity contribution in [3.05, 3.63) is 35.4 Å². The van der Waals surface area contributed by atoms with Crippen molar-refractivity contribution in [2.45, 2.75) is 102 Å². The minimum Gasteiger partial charge on any atom is -0.444 e. The average molecular weight is 470 g/mol. The molecule has 2 atom stereocenters. The molecule has 2 aliphatic heterocycles. The van der Waals surface area contributed by atoms with E-state index in [1.54, 1.807) is 6.07 Å². The molecule has 2 unspecified atom stereocenters. The molecule has 2 amide bonds. The van der Waals surface area contributed by atoms with Gasteiger partial charge in [0.05, 0.1) is 0 Å². The van der Waals surface area contributed by atoms with Gasteiger partial charge in [-0.25, -0.2) is 4.79 Å². The molecule has 0 spiro atoms. The van der Waals surface area contributed by atoms with Crippen molar-refractivity contribution in [1.82, 2.24) is 9.80 Å². The molecule has 1 aromatic carbocycles. The van der Waals surface area contributed by atoms with E-state index < -0.39 is 5.60 Å². The third-order valence-electron chi connectivity index (χ3n) is 8.01. The first-order valence-corrected chi connectivity index (χ1v) is 13.3. The molecule has 188 valence electrons. The maximum atomic E-state index is 13.1. The number of fused-ring (bicyclic) bond motifs is 2. The normalized spacial score (nSPS) is 25.8. The van der Waals surface area contributed by atoms with Crippen LogP contribution in [-0.4, -0.2) is 59.1 Å². The van der Waals surface area contributed by atoms with Crippen molar-refractivity contribution in [3.8, 4) is 0 Å². The minimum absolute atomic E-state index is 0.163. The highest BCUT2D eigenvalue weighted by atomic mass is 16.6. The van der Waals surface area contributed by atoms with Gasteiger partial charge in [0.2, 0.25) is 5.91 Å². The molecule has 0 aromatic heterocycles. The van der Waals surface area contributed by atoms with Crippen LogP contribution in [0.5, 0.6) is 0 Å². The van der Waals surface area contributed by atoms with Crippen molar-refractivity contribution in [3.63, 3.8) is 0 Å².